The van der Waals surface area contributed by atoms with Crippen LogP contribution in [0.2, 0.25) is 0 Å². The van der Waals surface area contributed by atoms with Crippen LogP contribution in [0.3, 0.4) is 0 Å². The highest BCUT2D eigenvalue weighted by molar-refractivity contribution is 5.98. The van der Waals surface area contributed by atoms with Crippen LogP contribution >= 0.6 is 0 Å². The molecule has 0 aromatic heterocycles. The van der Waals surface area contributed by atoms with Crippen LogP contribution in [0.1, 0.15) is 13.3 Å². The van der Waals surface area contributed by atoms with Crippen LogP contribution in [0.4, 0.5) is 0 Å². The van der Waals surface area contributed by atoms with Crippen LogP contribution in [0.25, 0.3) is 0 Å². The molecule has 1 atom stereocenters. The molecule has 0 radical (unpaired) electrons. The third-order valence-electron chi connectivity index (χ3n) is 3.80. The van der Waals surface area contributed by atoms with Gasteiger partial charge in [0.1, 0.15) is 0 Å². The average molecular weight is 266 g/mol. The predicted octanol–water partition coefficient (Wildman–Crippen LogP) is 3.00. The molecule has 102 valence electrons. The van der Waals surface area contributed by atoms with Gasteiger partial charge in [0.2, 0.25) is 5.91 Å². The molecule has 0 bridgehead atoms. The highest BCUT2D eigenvalue weighted by Gasteiger charge is 2.33. The number of amides is 1. The number of carbonyl (C=O) groups excluding carboxylic acids is 1. The molecule has 0 fully saturated rings. The number of hydrazone groups is 1. The van der Waals surface area contributed by atoms with E-state index < -0.39 is 0 Å². The van der Waals surface area contributed by atoms with Gasteiger partial charge in [-0.05, 0) is 6.08 Å². The molecule has 3 nitrogen and oxygen atoms in total. The zero-order chi connectivity index (χ0) is 13.9. The lowest BCUT2D eigenvalue weighted by atomic mass is 9.96. The van der Waals surface area contributed by atoms with Gasteiger partial charge in [-0.25, -0.2) is 5.01 Å². The van der Waals surface area contributed by atoms with E-state index in [0.717, 1.165) is 12.1 Å². The first-order chi connectivity index (χ1) is 9.74. The Labute approximate surface area is 119 Å². The van der Waals surface area contributed by atoms with Crippen molar-refractivity contribution in [3.8, 4) is 0 Å². The number of hydrogen-bond acceptors (Lipinski definition) is 2. The molecule has 1 unspecified atom stereocenters. The summed E-state index contributed by atoms with van der Waals surface area (Å²) in [6.45, 7) is 1.58. The molecular weight excluding hydrogens is 248 g/mol. The summed E-state index contributed by atoms with van der Waals surface area (Å²) in [4.78, 5) is 11.7. The van der Waals surface area contributed by atoms with E-state index in [1.54, 1.807) is 11.9 Å². The number of carbonyl (C=O) groups is 1. The molecule has 1 amide bonds. The molecule has 3 aliphatic rings. The van der Waals surface area contributed by atoms with Crippen molar-refractivity contribution in [1.82, 2.24) is 5.01 Å². The van der Waals surface area contributed by atoms with Gasteiger partial charge >= 0.3 is 0 Å². The molecule has 3 rings (SSSR count). The summed E-state index contributed by atoms with van der Waals surface area (Å²) in [6, 6.07) is 0.122. The summed E-state index contributed by atoms with van der Waals surface area (Å²) in [5.74, 6) is 0.640. The largest absolute Gasteiger partial charge is 0.273 e. The lowest BCUT2D eigenvalue weighted by molar-refractivity contribution is -0.130. The fourth-order valence-electron chi connectivity index (χ4n) is 2.76. The second kappa shape index (κ2) is 5.45. The van der Waals surface area contributed by atoms with Crippen molar-refractivity contribution >= 4 is 11.6 Å². The molecule has 0 N–H and O–H groups in total. The molecule has 2 aliphatic carbocycles. The molecule has 20 heavy (non-hydrogen) atoms. The Morgan fingerprint density at radius 3 is 2.50 bits per heavy atom. The third kappa shape index (κ3) is 2.57. The number of allylic oxidation sites excluding steroid dienone is 8. The molecule has 1 heterocycles. The van der Waals surface area contributed by atoms with Crippen LogP contribution < -0.4 is 0 Å². The molecule has 1 aliphatic heterocycles. The Morgan fingerprint density at radius 2 is 1.85 bits per heavy atom. The normalized spacial score (nSPS) is 25.6. The van der Waals surface area contributed by atoms with Gasteiger partial charge in [-0.2, -0.15) is 5.10 Å². The second-order valence-electron chi connectivity index (χ2n) is 5.28. The van der Waals surface area contributed by atoms with Crippen molar-refractivity contribution < 1.29 is 4.79 Å². The number of nitrogens with zero attached hydrogens (tertiary/aromatic N) is 2. The van der Waals surface area contributed by atoms with E-state index in [2.05, 4.69) is 35.5 Å². The lowest BCUT2D eigenvalue weighted by Crippen LogP contribution is -2.35. The van der Waals surface area contributed by atoms with E-state index in [9.17, 15) is 4.79 Å². The van der Waals surface area contributed by atoms with Crippen molar-refractivity contribution in [2.75, 3.05) is 0 Å². The fraction of sp³-hybridized carbons (Fsp3) is 0.294. The minimum absolute atomic E-state index is 0.00718. The first-order valence-electron chi connectivity index (χ1n) is 6.99. The average Bonchev–Trinajstić information content (AvgIpc) is 3.17. The second-order valence-corrected chi connectivity index (χ2v) is 5.28. The van der Waals surface area contributed by atoms with E-state index in [1.165, 1.54) is 0 Å². The maximum absolute atomic E-state index is 11.7. The van der Waals surface area contributed by atoms with Crippen LogP contribution in [0.15, 0.2) is 65.9 Å². The molecule has 0 aromatic rings. The molecule has 0 saturated carbocycles. The van der Waals surface area contributed by atoms with Crippen LogP contribution in [-0.2, 0) is 4.79 Å². The monoisotopic (exact) mass is 266 g/mol. The van der Waals surface area contributed by atoms with Gasteiger partial charge in [0.25, 0.3) is 0 Å². The minimum atomic E-state index is 0.00718. The maximum Gasteiger partial charge on any atom is 0.239 e. The molecule has 0 spiro atoms. The van der Waals surface area contributed by atoms with Crippen LogP contribution in [-0.4, -0.2) is 22.7 Å². The van der Waals surface area contributed by atoms with E-state index >= 15 is 0 Å². The van der Waals surface area contributed by atoms with Gasteiger partial charge in [-0.1, -0.05) is 54.7 Å². The highest BCUT2D eigenvalue weighted by Crippen LogP contribution is 2.27. The van der Waals surface area contributed by atoms with E-state index in [1.807, 2.05) is 30.4 Å². The molecule has 0 aromatic carbocycles. The fourth-order valence-corrected chi connectivity index (χ4v) is 2.76. The van der Waals surface area contributed by atoms with Crippen molar-refractivity contribution in [2.24, 2.45) is 16.9 Å². The summed E-state index contributed by atoms with van der Waals surface area (Å²) >= 11 is 0. The van der Waals surface area contributed by atoms with Gasteiger partial charge < -0.3 is 0 Å². The number of hydrogen-bond donors (Lipinski definition) is 0. The Balaban J connectivity index is 1.73. The van der Waals surface area contributed by atoms with Crippen LogP contribution in [0.5, 0.6) is 0 Å². The first-order valence-corrected chi connectivity index (χ1v) is 6.99. The minimum Gasteiger partial charge on any atom is -0.273 e. The zero-order valence-electron chi connectivity index (χ0n) is 11.5. The SMILES string of the molecule is CC(=O)N1N=C(C=CC2C=CC=C2)CC1C1C=CC=C1. The van der Waals surface area contributed by atoms with Gasteiger partial charge in [0, 0.05) is 25.2 Å². The molecule has 0 saturated heterocycles. The Hall–Kier alpha value is -2.16. The van der Waals surface area contributed by atoms with Gasteiger partial charge in [-0.15, -0.1) is 0 Å². The maximum atomic E-state index is 11.7. The lowest BCUT2D eigenvalue weighted by Gasteiger charge is -2.23. The summed E-state index contributed by atoms with van der Waals surface area (Å²) in [7, 11) is 0. The quantitative estimate of drug-likeness (QED) is 0.773. The van der Waals surface area contributed by atoms with Gasteiger partial charge in [0.05, 0.1) is 11.8 Å². The third-order valence-corrected chi connectivity index (χ3v) is 3.80. The van der Waals surface area contributed by atoms with E-state index in [4.69, 9.17) is 0 Å². The van der Waals surface area contributed by atoms with Crippen molar-refractivity contribution in [3.05, 3.63) is 60.8 Å². The number of rotatable bonds is 3. The van der Waals surface area contributed by atoms with Crippen molar-refractivity contribution in [1.29, 1.82) is 0 Å². The zero-order valence-corrected chi connectivity index (χ0v) is 11.5. The van der Waals surface area contributed by atoms with Crippen molar-refractivity contribution in [2.45, 2.75) is 19.4 Å². The highest BCUT2D eigenvalue weighted by atomic mass is 16.2. The topological polar surface area (TPSA) is 32.7 Å². The molecule has 3 heteroatoms. The van der Waals surface area contributed by atoms with Gasteiger partial charge in [0.15, 0.2) is 0 Å². The molecular formula is C17H18N2O. The summed E-state index contributed by atoms with van der Waals surface area (Å²) in [5.41, 5.74) is 0.979. The summed E-state index contributed by atoms with van der Waals surface area (Å²) in [6.07, 6.45) is 21.7. The summed E-state index contributed by atoms with van der Waals surface area (Å²) < 4.78 is 0. The Morgan fingerprint density at radius 1 is 1.20 bits per heavy atom. The Kier molecular flexibility index (Phi) is 3.50. The predicted molar refractivity (Wildman–Crippen MR) is 81.0 cm³/mol. The standard InChI is InChI=1S/C17H18N2O/c1-13(20)19-17(15-8-4-5-9-15)12-16(18-19)11-10-14-6-2-3-7-14/h2-11,14-15,17H,12H2,1H3. The summed E-state index contributed by atoms with van der Waals surface area (Å²) in [5, 5.41) is 6.10. The smallest absolute Gasteiger partial charge is 0.239 e. The van der Waals surface area contributed by atoms with Gasteiger partial charge in [-0.3, -0.25) is 4.79 Å². The van der Waals surface area contributed by atoms with Crippen molar-refractivity contribution in [3.63, 3.8) is 0 Å². The van der Waals surface area contributed by atoms with E-state index in [0.29, 0.717) is 5.92 Å². The first kappa shape index (κ1) is 12.9. The van der Waals surface area contributed by atoms with Crippen LogP contribution in [0, 0.1) is 11.8 Å². The Bertz CT molecular complexity index is 554. The van der Waals surface area contributed by atoms with E-state index in [-0.39, 0.29) is 17.9 Å².